The Morgan fingerprint density at radius 3 is 2.14 bits per heavy atom. The lowest BCUT2D eigenvalue weighted by Gasteiger charge is -2.15. The number of nitrogens with two attached hydrogens (primary N) is 1. The van der Waals surface area contributed by atoms with E-state index in [1.54, 1.807) is 0 Å². The van der Waals surface area contributed by atoms with Crippen LogP contribution in [0.4, 0.5) is 0 Å². The normalized spacial score (nSPS) is 12.3. The van der Waals surface area contributed by atoms with Gasteiger partial charge in [0.1, 0.15) is 0 Å². The maximum Gasteiger partial charge on any atom is 0.239 e. The molecule has 5 heteroatoms. The Bertz CT molecular complexity index is 495. The van der Waals surface area contributed by atoms with E-state index in [1.165, 1.54) is 5.56 Å². The van der Waals surface area contributed by atoms with Crippen LogP contribution < -0.4 is 16.4 Å². The number of rotatable bonds is 7. The summed E-state index contributed by atoms with van der Waals surface area (Å²) in [6.07, 6.45) is 0. The number of hydrogen-bond acceptors (Lipinski definition) is 3. The van der Waals surface area contributed by atoms with E-state index >= 15 is 0 Å². The highest BCUT2D eigenvalue weighted by Gasteiger charge is 2.17. The van der Waals surface area contributed by atoms with Crippen molar-refractivity contribution in [2.24, 2.45) is 11.7 Å². The van der Waals surface area contributed by atoms with Crippen LogP contribution in [0.2, 0.25) is 0 Å². The highest BCUT2D eigenvalue weighted by Crippen LogP contribution is 2.14. The quantitative estimate of drug-likeness (QED) is 0.714. The minimum atomic E-state index is -0.587. The molecule has 0 heterocycles. The van der Waals surface area contributed by atoms with Gasteiger partial charge < -0.3 is 16.4 Å². The molecule has 0 saturated carbocycles. The van der Waals surface area contributed by atoms with Crippen molar-refractivity contribution >= 4 is 11.8 Å². The molecule has 0 radical (unpaired) electrons. The summed E-state index contributed by atoms with van der Waals surface area (Å²) in [5.41, 5.74) is 8.01. The van der Waals surface area contributed by atoms with Crippen molar-refractivity contribution < 1.29 is 9.59 Å². The minimum absolute atomic E-state index is 0.0440. The molecule has 22 heavy (non-hydrogen) atoms. The Morgan fingerprint density at radius 1 is 1.05 bits per heavy atom. The van der Waals surface area contributed by atoms with Crippen LogP contribution in [0.1, 0.15) is 44.7 Å². The van der Waals surface area contributed by atoms with E-state index in [2.05, 4.69) is 36.6 Å². The van der Waals surface area contributed by atoms with Gasteiger partial charge in [-0.1, -0.05) is 52.0 Å². The summed E-state index contributed by atoms with van der Waals surface area (Å²) in [5, 5.41) is 5.32. The second-order valence-corrected chi connectivity index (χ2v) is 6.16. The Labute approximate surface area is 132 Å². The lowest BCUT2D eigenvalue weighted by molar-refractivity contribution is -0.127. The molecule has 5 nitrogen and oxygen atoms in total. The average molecular weight is 305 g/mol. The number of hydrogen-bond donors (Lipinski definition) is 3. The van der Waals surface area contributed by atoms with Gasteiger partial charge >= 0.3 is 0 Å². The standard InChI is InChI=1S/C17H27N3O2/c1-11(2)14-7-5-13(6-8-14)9-19-15(21)10-20-17(22)16(18)12(3)4/h5-8,11-12,16H,9-10,18H2,1-4H3,(H,19,21)(H,20,22)/t16-/m0/s1. The predicted octanol–water partition coefficient (Wildman–Crippen LogP) is 1.53. The third-order valence-electron chi connectivity index (χ3n) is 3.58. The van der Waals surface area contributed by atoms with Gasteiger partial charge in [0.25, 0.3) is 0 Å². The van der Waals surface area contributed by atoms with Gasteiger partial charge in [0.2, 0.25) is 11.8 Å². The van der Waals surface area contributed by atoms with E-state index in [-0.39, 0.29) is 24.3 Å². The minimum Gasteiger partial charge on any atom is -0.350 e. The van der Waals surface area contributed by atoms with Crippen molar-refractivity contribution in [2.45, 2.75) is 46.2 Å². The summed E-state index contributed by atoms with van der Waals surface area (Å²) in [7, 11) is 0. The molecule has 122 valence electrons. The zero-order valence-electron chi connectivity index (χ0n) is 13.8. The molecule has 1 rings (SSSR count). The number of carbonyl (C=O) groups is 2. The fourth-order valence-electron chi connectivity index (χ4n) is 1.87. The fraction of sp³-hybridized carbons (Fsp3) is 0.529. The summed E-state index contributed by atoms with van der Waals surface area (Å²) in [6.45, 7) is 8.41. The Kier molecular flexibility index (Phi) is 7.05. The molecule has 0 saturated heterocycles. The zero-order chi connectivity index (χ0) is 16.7. The highest BCUT2D eigenvalue weighted by molar-refractivity contribution is 5.87. The molecule has 0 bridgehead atoms. The Hall–Kier alpha value is -1.88. The topological polar surface area (TPSA) is 84.2 Å². The second-order valence-electron chi connectivity index (χ2n) is 6.16. The van der Waals surface area contributed by atoms with E-state index in [4.69, 9.17) is 5.73 Å². The van der Waals surface area contributed by atoms with Crippen molar-refractivity contribution in [1.29, 1.82) is 0 Å². The van der Waals surface area contributed by atoms with Crippen molar-refractivity contribution in [3.8, 4) is 0 Å². The van der Waals surface area contributed by atoms with Crippen LogP contribution in [0.25, 0.3) is 0 Å². The first-order valence-corrected chi connectivity index (χ1v) is 7.70. The molecule has 0 fully saturated rings. The van der Waals surface area contributed by atoms with Crippen molar-refractivity contribution in [1.82, 2.24) is 10.6 Å². The summed E-state index contributed by atoms with van der Waals surface area (Å²) in [4.78, 5) is 23.4. The molecule has 2 amide bonds. The van der Waals surface area contributed by atoms with E-state index in [0.29, 0.717) is 12.5 Å². The third kappa shape index (κ3) is 5.85. The van der Waals surface area contributed by atoms with E-state index in [9.17, 15) is 9.59 Å². The number of amides is 2. The molecule has 0 aromatic heterocycles. The number of carbonyl (C=O) groups excluding carboxylic acids is 2. The number of benzene rings is 1. The largest absolute Gasteiger partial charge is 0.350 e. The average Bonchev–Trinajstić information content (AvgIpc) is 2.49. The van der Waals surface area contributed by atoms with Crippen LogP contribution in [0.15, 0.2) is 24.3 Å². The van der Waals surface area contributed by atoms with E-state index < -0.39 is 6.04 Å². The molecule has 1 atom stereocenters. The molecule has 0 aliphatic heterocycles. The number of nitrogens with one attached hydrogen (secondary N) is 2. The Morgan fingerprint density at radius 2 is 1.64 bits per heavy atom. The van der Waals surface area contributed by atoms with Gasteiger partial charge in [0.05, 0.1) is 12.6 Å². The predicted molar refractivity (Wildman–Crippen MR) is 88.2 cm³/mol. The molecular weight excluding hydrogens is 278 g/mol. The van der Waals surface area contributed by atoms with Crippen LogP contribution in [-0.2, 0) is 16.1 Å². The summed E-state index contributed by atoms with van der Waals surface area (Å²) < 4.78 is 0. The van der Waals surface area contributed by atoms with Gasteiger partial charge in [-0.25, -0.2) is 0 Å². The third-order valence-corrected chi connectivity index (χ3v) is 3.58. The maximum absolute atomic E-state index is 11.7. The van der Waals surface area contributed by atoms with Crippen molar-refractivity contribution in [3.05, 3.63) is 35.4 Å². The highest BCUT2D eigenvalue weighted by atomic mass is 16.2. The van der Waals surface area contributed by atoms with Crippen LogP contribution in [0, 0.1) is 5.92 Å². The van der Waals surface area contributed by atoms with Gasteiger partial charge in [-0.3, -0.25) is 9.59 Å². The first-order chi connectivity index (χ1) is 10.3. The maximum atomic E-state index is 11.7. The van der Waals surface area contributed by atoms with Crippen LogP contribution in [0.3, 0.4) is 0 Å². The van der Waals surface area contributed by atoms with E-state index in [0.717, 1.165) is 5.56 Å². The lowest BCUT2D eigenvalue weighted by Crippen LogP contribution is -2.47. The van der Waals surface area contributed by atoms with Crippen molar-refractivity contribution in [3.63, 3.8) is 0 Å². The molecule has 0 aliphatic rings. The van der Waals surface area contributed by atoms with Gasteiger partial charge in [0.15, 0.2) is 0 Å². The summed E-state index contributed by atoms with van der Waals surface area (Å²) in [5.74, 6) is 0.00947. The van der Waals surface area contributed by atoms with Crippen LogP contribution in [-0.4, -0.2) is 24.4 Å². The Balaban J connectivity index is 2.35. The molecular formula is C17H27N3O2. The van der Waals surface area contributed by atoms with Crippen LogP contribution in [0.5, 0.6) is 0 Å². The molecule has 0 aliphatic carbocycles. The second kappa shape index (κ2) is 8.54. The molecule has 4 N–H and O–H groups in total. The van der Waals surface area contributed by atoms with Gasteiger partial charge in [-0.15, -0.1) is 0 Å². The SMILES string of the molecule is CC(C)c1ccc(CNC(=O)CNC(=O)[C@@H](N)C(C)C)cc1. The fourth-order valence-corrected chi connectivity index (χ4v) is 1.87. The summed E-state index contributed by atoms with van der Waals surface area (Å²) >= 11 is 0. The molecule has 1 aromatic rings. The zero-order valence-corrected chi connectivity index (χ0v) is 13.8. The smallest absolute Gasteiger partial charge is 0.239 e. The molecule has 0 spiro atoms. The lowest BCUT2D eigenvalue weighted by atomic mass is 10.0. The monoisotopic (exact) mass is 305 g/mol. The van der Waals surface area contributed by atoms with Gasteiger partial charge in [-0.05, 0) is 23.0 Å². The van der Waals surface area contributed by atoms with Crippen molar-refractivity contribution in [2.75, 3.05) is 6.54 Å². The molecule has 0 unspecified atom stereocenters. The van der Waals surface area contributed by atoms with Gasteiger partial charge in [-0.2, -0.15) is 0 Å². The first-order valence-electron chi connectivity index (χ1n) is 7.70. The van der Waals surface area contributed by atoms with E-state index in [1.807, 2.05) is 26.0 Å². The van der Waals surface area contributed by atoms with Crippen LogP contribution >= 0.6 is 0 Å². The van der Waals surface area contributed by atoms with Gasteiger partial charge in [0, 0.05) is 6.54 Å². The first kappa shape index (κ1) is 18.2. The summed E-state index contributed by atoms with van der Waals surface area (Å²) in [6, 6.07) is 7.55. The molecule has 1 aromatic carbocycles.